The maximum Gasteiger partial charge on any atom is 0.227 e. The third kappa shape index (κ3) is 4.58. The van der Waals surface area contributed by atoms with Crippen LogP contribution in [0.1, 0.15) is 24.8 Å². The second-order valence-corrected chi connectivity index (χ2v) is 6.43. The fourth-order valence-electron chi connectivity index (χ4n) is 3.15. The molecule has 0 saturated carbocycles. The molecule has 2 amide bonds. The Morgan fingerprint density at radius 2 is 1.89 bits per heavy atom. The average Bonchev–Trinajstić information content (AvgIpc) is 3.12. The summed E-state index contributed by atoms with van der Waals surface area (Å²) in [6, 6.07) is 13.1. The van der Waals surface area contributed by atoms with Gasteiger partial charge in [0.05, 0.1) is 19.9 Å². The monoisotopic (exact) mass is 368 g/mol. The average molecular weight is 368 g/mol. The lowest BCUT2D eigenvalue weighted by Crippen LogP contribution is -2.24. The Kier molecular flexibility index (Phi) is 5.96. The minimum Gasteiger partial charge on any atom is -0.497 e. The van der Waals surface area contributed by atoms with E-state index in [0.717, 1.165) is 23.4 Å². The normalized spacial score (nSPS) is 13.6. The van der Waals surface area contributed by atoms with Gasteiger partial charge in [-0.3, -0.25) is 9.59 Å². The molecule has 1 aliphatic heterocycles. The molecule has 1 N–H and O–H groups in total. The van der Waals surface area contributed by atoms with Crippen molar-refractivity contribution in [2.24, 2.45) is 0 Å². The van der Waals surface area contributed by atoms with Crippen LogP contribution in [0.3, 0.4) is 0 Å². The molecule has 0 unspecified atom stereocenters. The number of hydrogen-bond donors (Lipinski definition) is 1. The minimum atomic E-state index is -0.0714. The smallest absolute Gasteiger partial charge is 0.227 e. The zero-order valence-corrected chi connectivity index (χ0v) is 15.7. The van der Waals surface area contributed by atoms with Gasteiger partial charge < -0.3 is 19.7 Å². The number of anilines is 2. The zero-order chi connectivity index (χ0) is 19.2. The molecule has 0 spiro atoms. The van der Waals surface area contributed by atoms with Gasteiger partial charge in [-0.05, 0) is 42.7 Å². The lowest BCUT2D eigenvalue weighted by molar-refractivity contribution is -0.117. The predicted molar refractivity (Wildman–Crippen MR) is 105 cm³/mol. The molecule has 1 saturated heterocycles. The summed E-state index contributed by atoms with van der Waals surface area (Å²) in [5.41, 5.74) is 2.48. The van der Waals surface area contributed by atoms with Crippen LogP contribution in [0.15, 0.2) is 42.5 Å². The van der Waals surface area contributed by atoms with Crippen LogP contribution in [0.25, 0.3) is 0 Å². The van der Waals surface area contributed by atoms with Gasteiger partial charge in [-0.2, -0.15) is 0 Å². The van der Waals surface area contributed by atoms with Gasteiger partial charge in [0.2, 0.25) is 11.8 Å². The topological polar surface area (TPSA) is 67.9 Å². The number of aryl methyl sites for hydroxylation is 1. The van der Waals surface area contributed by atoms with Gasteiger partial charge in [-0.15, -0.1) is 0 Å². The first kappa shape index (κ1) is 18.8. The Bertz CT molecular complexity index is 817. The van der Waals surface area contributed by atoms with Crippen molar-refractivity contribution < 1.29 is 19.1 Å². The fourth-order valence-corrected chi connectivity index (χ4v) is 3.15. The summed E-state index contributed by atoms with van der Waals surface area (Å²) in [7, 11) is 3.19. The number of rotatable bonds is 7. The Hall–Kier alpha value is -3.02. The van der Waals surface area contributed by atoms with Crippen LogP contribution in [0.4, 0.5) is 11.4 Å². The van der Waals surface area contributed by atoms with Crippen LogP contribution in [0, 0.1) is 0 Å². The van der Waals surface area contributed by atoms with E-state index < -0.39 is 0 Å². The highest BCUT2D eigenvalue weighted by Gasteiger charge is 2.24. The summed E-state index contributed by atoms with van der Waals surface area (Å²) < 4.78 is 10.6. The summed E-state index contributed by atoms with van der Waals surface area (Å²) in [5, 5.41) is 2.89. The summed E-state index contributed by atoms with van der Waals surface area (Å²) in [5.74, 6) is 1.41. The zero-order valence-electron chi connectivity index (χ0n) is 15.7. The number of nitrogens with one attached hydrogen (secondary N) is 1. The molecule has 1 aliphatic rings. The number of carbonyl (C=O) groups excluding carboxylic acids is 2. The van der Waals surface area contributed by atoms with Gasteiger partial charge in [-0.1, -0.05) is 12.1 Å². The van der Waals surface area contributed by atoms with Crippen molar-refractivity contribution >= 4 is 23.2 Å². The summed E-state index contributed by atoms with van der Waals surface area (Å²) in [4.78, 5) is 25.9. The van der Waals surface area contributed by atoms with Crippen LogP contribution >= 0.6 is 0 Å². The largest absolute Gasteiger partial charge is 0.497 e. The second-order valence-electron chi connectivity index (χ2n) is 6.43. The fraction of sp³-hybridized carbons (Fsp3) is 0.333. The number of ether oxygens (including phenoxy) is 2. The number of benzene rings is 2. The van der Waals surface area contributed by atoms with Crippen molar-refractivity contribution in [3.05, 3.63) is 48.0 Å². The van der Waals surface area contributed by atoms with Crippen molar-refractivity contribution in [1.82, 2.24) is 0 Å². The molecule has 6 nitrogen and oxygen atoms in total. The first-order valence-electron chi connectivity index (χ1n) is 9.02. The van der Waals surface area contributed by atoms with E-state index in [4.69, 9.17) is 9.47 Å². The third-order valence-electron chi connectivity index (χ3n) is 4.63. The number of amides is 2. The Morgan fingerprint density at radius 1 is 1.11 bits per heavy atom. The molecule has 1 heterocycles. The molecule has 0 aliphatic carbocycles. The molecule has 2 aromatic carbocycles. The van der Waals surface area contributed by atoms with E-state index >= 15 is 0 Å². The molecule has 0 atom stereocenters. The first-order chi connectivity index (χ1) is 13.1. The van der Waals surface area contributed by atoms with Crippen molar-refractivity contribution in [3.63, 3.8) is 0 Å². The van der Waals surface area contributed by atoms with Crippen LogP contribution < -0.4 is 19.7 Å². The standard InChI is InChI=1S/C21H24N2O4/c1-26-17-9-5-15(6-10-17)7-12-20(24)22-16-8-11-18(19(14-16)27-2)23-13-3-4-21(23)25/h5-6,8-11,14H,3-4,7,12-13H2,1-2H3,(H,22,24). The number of hydrogen-bond acceptors (Lipinski definition) is 4. The maximum absolute atomic E-state index is 12.3. The molecule has 142 valence electrons. The first-order valence-corrected chi connectivity index (χ1v) is 9.02. The number of carbonyl (C=O) groups is 2. The lowest BCUT2D eigenvalue weighted by Gasteiger charge is -2.19. The highest BCUT2D eigenvalue weighted by atomic mass is 16.5. The van der Waals surface area contributed by atoms with Gasteiger partial charge >= 0.3 is 0 Å². The second kappa shape index (κ2) is 8.58. The van der Waals surface area contributed by atoms with E-state index in [1.165, 1.54) is 0 Å². The van der Waals surface area contributed by atoms with Crippen LogP contribution in [-0.4, -0.2) is 32.6 Å². The van der Waals surface area contributed by atoms with Crippen LogP contribution in [0.5, 0.6) is 11.5 Å². The summed E-state index contributed by atoms with van der Waals surface area (Å²) in [6.45, 7) is 0.697. The van der Waals surface area contributed by atoms with E-state index in [1.54, 1.807) is 31.3 Å². The van der Waals surface area contributed by atoms with Gasteiger partial charge in [0.25, 0.3) is 0 Å². The highest BCUT2D eigenvalue weighted by molar-refractivity contribution is 5.98. The number of methoxy groups -OCH3 is 2. The van der Waals surface area contributed by atoms with E-state index in [0.29, 0.717) is 37.2 Å². The van der Waals surface area contributed by atoms with Crippen molar-refractivity contribution in [1.29, 1.82) is 0 Å². The van der Waals surface area contributed by atoms with Gasteiger partial charge in [0.1, 0.15) is 11.5 Å². The maximum atomic E-state index is 12.3. The molecule has 0 aromatic heterocycles. The Morgan fingerprint density at radius 3 is 2.52 bits per heavy atom. The lowest BCUT2D eigenvalue weighted by atomic mass is 10.1. The minimum absolute atomic E-state index is 0.0714. The number of nitrogens with zero attached hydrogens (tertiary/aromatic N) is 1. The van der Waals surface area contributed by atoms with E-state index in [2.05, 4.69) is 5.32 Å². The molecule has 6 heteroatoms. The quantitative estimate of drug-likeness (QED) is 0.813. The van der Waals surface area contributed by atoms with Crippen LogP contribution in [-0.2, 0) is 16.0 Å². The van der Waals surface area contributed by atoms with Crippen molar-refractivity contribution in [2.45, 2.75) is 25.7 Å². The van der Waals surface area contributed by atoms with Crippen molar-refractivity contribution in [2.75, 3.05) is 31.0 Å². The molecule has 27 heavy (non-hydrogen) atoms. The molecule has 2 aromatic rings. The molecule has 0 bridgehead atoms. The highest BCUT2D eigenvalue weighted by Crippen LogP contribution is 2.33. The molecule has 1 fully saturated rings. The summed E-state index contributed by atoms with van der Waals surface area (Å²) in [6.07, 6.45) is 2.44. The van der Waals surface area contributed by atoms with Crippen molar-refractivity contribution in [3.8, 4) is 11.5 Å². The van der Waals surface area contributed by atoms with Gasteiger partial charge in [-0.25, -0.2) is 0 Å². The van der Waals surface area contributed by atoms with E-state index in [9.17, 15) is 9.59 Å². The SMILES string of the molecule is COc1ccc(CCC(=O)Nc2ccc(N3CCCC3=O)c(OC)c2)cc1. The molecular formula is C21H24N2O4. The predicted octanol–water partition coefficient (Wildman–Crippen LogP) is 3.40. The Balaban J connectivity index is 1.60. The summed E-state index contributed by atoms with van der Waals surface area (Å²) >= 11 is 0. The van der Waals surface area contributed by atoms with Crippen LogP contribution in [0.2, 0.25) is 0 Å². The third-order valence-corrected chi connectivity index (χ3v) is 4.63. The van der Waals surface area contributed by atoms with E-state index in [-0.39, 0.29) is 11.8 Å². The molecule has 0 radical (unpaired) electrons. The van der Waals surface area contributed by atoms with E-state index in [1.807, 2.05) is 30.3 Å². The van der Waals surface area contributed by atoms with Gasteiger partial charge in [0.15, 0.2) is 0 Å². The molecule has 3 rings (SSSR count). The Labute approximate surface area is 159 Å². The molecular weight excluding hydrogens is 344 g/mol. The van der Waals surface area contributed by atoms with Gasteiger partial charge in [0, 0.05) is 31.1 Å².